The van der Waals surface area contributed by atoms with Crippen molar-refractivity contribution in [2.45, 2.75) is 347 Å². The smallest absolute Gasteiger partial charge is 0.463 e. The second-order valence-electron chi connectivity index (χ2n) is 24.7. The van der Waals surface area contributed by atoms with Crippen molar-refractivity contribution >= 4 is 33.6 Å². The Morgan fingerprint density at radius 3 is 0.923 bits per heavy atom. The van der Waals surface area contributed by atoms with Crippen LogP contribution in [0.4, 0.5) is 0 Å². The molecule has 0 saturated heterocycles. The number of hydrogen-bond donors (Lipinski definition) is 4. The molecular formula is C73H134O16P2. The third-order valence-electron chi connectivity index (χ3n) is 15.8. The quantitative estimate of drug-likeness (QED) is 0.0146. The summed E-state index contributed by atoms with van der Waals surface area (Å²) in [5, 5.41) is 20.6. The van der Waals surface area contributed by atoms with Gasteiger partial charge in [0.1, 0.15) is 25.4 Å². The predicted molar refractivity (Wildman–Crippen MR) is 372 cm³/mol. The molecule has 5 atom stereocenters. The largest absolute Gasteiger partial charge is 0.472 e. The number of hydrogen-bond acceptors (Lipinski definition) is 14. The Hall–Kier alpha value is -2.75. The first-order chi connectivity index (χ1) is 44.2. The zero-order valence-electron chi connectivity index (χ0n) is 57.8. The number of allylic oxidation sites excluding steroid dienone is 10. The molecule has 5 unspecified atom stereocenters. The number of carbonyl (C=O) groups excluding carboxylic acids is 3. The number of ether oxygens (including phenoxy) is 3. The zero-order valence-corrected chi connectivity index (χ0v) is 59.6. The van der Waals surface area contributed by atoms with Crippen LogP contribution in [0.1, 0.15) is 329 Å². The molecule has 0 aromatic heterocycles. The lowest BCUT2D eigenvalue weighted by atomic mass is 10.0. The van der Waals surface area contributed by atoms with E-state index in [1.54, 1.807) is 0 Å². The maximum atomic E-state index is 12.9. The van der Waals surface area contributed by atoms with Gasteiger partial charge in [0.2, 0.25) is 0 Å². The highest BCUT2D eigenvalue weighted by Crippen LogP contribution is 2.45. The van der Waals surface area contributed by atoms with Crippen molar-refractivity contribution in [2.24, 2.45) is 0 Å². The van der Waals surface area contributed by atoms with Gasteiger partial charge in [-0.1, -0.05) is 306 Å². The summed E-state index contributed by atoms with van der Waals surface area (Å²) in [6, 6.07) is 0. The first-order valence-corrected chi connectivity index (χ1v) is 39.6. The lowest BCUT2D eigenvalue weighted by Crippen LogP contribution is -2.30. The van der Waals surface area contributed by atoms with Crippen LogP contribution in [0, 0.1) is 0 Å². The van der Waals surface area contributed by atoms with Gasteiger partial charge >= 0.3 is 33.6 Å². The summed E-state index contributed by atoms with van der Waals surface area (Å²) in [7, 11) is -9.75. The first kappa shape index (κ1) is 88.2. The summed E-state index contributed by atoms with van der Waals surface area (Å²) in [5.41, 5.74) is 0. The molecule has 16 nitrogen and oxygen atoms in total. The standard InChI is InChI=1S/C73H134O16P2/c1-4-7-10-13-16-19-22-25-26-27-28-29-30-31-32-33-34-35-36-37-38-39-40-43-45-47-50-53-56-59-71(76)83-62-68(74)63-85-90(79,80)86-64-69(75)65-87-91(81,82)88-67-70(89-73(78)61-58-55-52-49-46-42-24-21-18-15-12-9-6-3)66-84-72(77)60-57-54-51-48-44-41-23-20-17-14-11-8-5-2/h7,10,16,19,25-26,28-29,31-32,68-70,74-75H,4-6,8-9,11-15,17-18,20-24,27,30,33-67H2,1-3H3,(H,79,80)(H,81,82)/b10-7-,19-16-,26-25-,29-28-,32-31-. The van der Waals surface area contributed by atoms with Gasteiger partial charge in [-0.25, -0.2) is 9.13 Å². The fourth-order valence-corrected chi connectivity index (χ4v) is 11.8. The predicted octanol–water partition coefficient (Wildman–Crippen LogP) is 20.5. The van der Waals surface area contributed by atoms with Crippen molar-refractivity contribution in [3.05, 3.63) is 60.8 Å². The van der Waals surface area contributed by atoms with E-state index in [-0.39, 0.29) is 19.3 Å². The van der Waals surface area contributed by atoms with E-state index in [4.69, 9.17) is 32.3 Å². The maximum absolute atomic E-state index is 12.9. The second-order valence-corrected chi connectivity index (χ2v) is 27.6. The van der Waals surface area contributed by atoms with E-state index in [1.165, 1.54) is 167 Å². The molecule has 0 bridgehead atoms. The van der Waals surface area contributed by atoms with E-state index < -0.39 is 91.5 Å². The number of phosphoric ester groups is 2. The summed E-state index contributed by atoms with van der Waals surface area (Å²) in [4.78, 5) is 58.4. The van der Waals surface area contributed by atoms with Gasteiger partial charge in [0, 0.05) is 19.3 Å². The van der Waals surface area contributed by atoms with Crippen LogP contribution in [0.15, 0.2) is 60.8 Å². The molecular weight excluding hydrogens is 1190 g/mol. The minimum Gasteiger partial charge on any atom is -0.463 e. The van der Waals surface area contributed by atoms with Gasteiger partial charge < -0.3 is 34.2 Å². The van der Waals surface area contributed by atoms with E-state index in [2.05, 4.69) is 81.5 Å². The fraction of sp³-hybridized carbons (Fsp3) is 0.822. The van der Waals surface area contributed by atoms with Gasteiger partial charge in [-0.05, 0) is 64.2 Å². The molecule has 91 heavy (non-hydrogen) atoms. The highest BCUT2D eigenvalue weighted by molar-refractivity contribution is 7.47. The molecule has 0 amide bonds. The van der Waals surface area contributed by atoms with Gasteiger partial charge in [-0.3, -0.25) is 32.5 Å². The lowest BCUT2D eigenvalue weighted by molar-refractivity contribution is -0.161. The van der Waals surface area contributed by atoms with Gasteiger partial charge in [0.15, 0.2) is 6.10 Å². The van der Waals surface area contributed by atoms with Crippen LogP contribution in [0.3, 0.4) is 0 Å². The van der Waals surface area contributed by atoms with Gasteiger partial charge in [-0.2, -0.15) is 0 Å². The van der Waals surface area contributed by atoms with Crippen LogP contribution >= 0.6 is 15.6 Å². The summed E-state index contributed by atoms with van der Waals surface area (Å²) in [6.07, 6.45) is 70.0. The average Bonchev–Trinajstić information content (AvgIpc) is 3.56. The molecule has 0 aromatic rings. The summed E-state index contributed by atoms with van der Waals surface area (Å²) in [5.74, 6) is -1.55. The van der Waals surface area contributed by atoms with E-state index in [9.17, 15) is 43.5 Å². The van der Waals surface area contributed by atoms with Crippen LogP contribution in [-0.2, 0) is 55.8 Å². The maximum Gasteiger partial charge on any atom is 0.472 e. The van der Waals surface area contributed by atoms with E-state index in [0.29, 0.717) is 19.3 Å². The highest BCUT2D eigenvalue weighted by atomic mass is 31.2. The number of aliphatic hydroxyl groups is 2. The molecule has 0 spiro atoms. The van der Waals surface area contributed by atoms with Crippen LogP contribution < -0.4 is 0 Å². The third kappa shape index (κ3) is 68.4. The molecule has 0 rings (SSSR count). The number of esters is 3. The molecule has 0 fully saturated rings. The Bertz CT molecular complexity index is 1910. The monoisotopic (exact) mass is 1330 g/mol. The Balaban J connectivity index is 4.39. The molecule has 4 N–H and O–H groups in total. The van der Waals surface area contributed by atoms with Crippen molar-refractivity contribution < 1.29 is 75.8 Å². The molecule has 0 radical (unpaired) electrons. The van der Waals surface area contributed by atoms with Gasteiger partial charge in [-0.15, -0.1) is 0 Å². The normalized spacial score (nSPS) is 14.5. The van der Waals surface area contributed by atoms with Gasteiger partial charge in [0.05, 0.1) is 26.4 Å². The summed E-state index contributed by atoms with van der Waals surface area (Å²) < 4.78 is 60.9. The van der Waals surface area contributed by atoms with Crippen LogP contribution in [0.5, 0.6) is 0 Å². The Kier molecular flexibility index (Phi) is 65.2. The second kappa shape index (κ2) is 67.2. The lowest BCUT2D eigenvalue weighted by Gasteiger charge is -2.21. The Morgan fingerprint density at radius 1 is 0.319 bits per heavy atom. The average molecular weight is 1330 g/mol. The Labute approximate surface area is 554 Å². The third-order valence-corrected chi connectivity index (χ3v) is 17.7. The zero-order chi connectivity index (χ0) is 66.7. The van der Waals surface area contributed by atoms with Gasteiger partial charge in [0.25, 0.3) is 0 Å². The molecule has 0 saturated carbocycles. The summed E-state index contributed by atoms with van der Waals surface area (Å²) in [6.45, 7) is 2.61. The fourth-order valence-electron chi connectivity index (χ4n) is 10.2. The minimum absolute atomic E-state index is 0.113. The molecule has 0 aromatic carbocycles. The van der Waals surface area contributed by atoms with Crippen LogP contribution in [0.2, 0.25) is 0 Å². The highest BCUT2D eigenvalue weighted by Gasteiger charge is 2.29. The van der Waals surface area contributed by atoms with Crippen LogP contribution in [0.25, 0.3) is 0 Å². The number of carbonyl (C=O) groups is 3. The number of unbranched alkanes of at least 4 members (excludes halogenated alkanes) is 37. The SMILES string of the molecule is CC/C=C\C/C=C\C/C=C\C/C=C\C/C=C\CCCCCCCCCCCCCCCC(=O)OCC(O)COP(=O)(O)OCC(O)COP(=O)(O)OCC(COC(=O)CCCCCCCCCCCCCCC)OC(=O)CCCCCCCCCCCCCCC. The van der Waals surface area contributed by atoms with E-state index in [1.807, 2.05) is 0 Å². The minimum atomic E-state index is -4.91. The van der Waals surface area contributed by atoms with Crippen LogP contribution in [-0.4, -0.2) is 95.9 Å². The van der Waals surface area contributed by atoms with Crippen molar-refractivity contribution in [2.75, 3.05) is 39.6 Å². The van der Waals surface area contributed by atoms with Crippen molar-refractivity contribution in [1.82, 2.24) is 0 Å². The number of phosphoric acid groups is 2. The van der Waals surface area contributed by atoms with E-state index >= 15 is 0 Å². The summed E-state index contributed by atoms with van der Waals surface area (Å²) >= 11 is 0. The van der Waals surface area contributed by atoms with Crippen molar-refractivity contribution in [3.63, 3.8) is 0 Å². The Morgan fingerprint density at radius 2 is 0.582 bits per heavy atom. The van der Waals surface area contributed by atoms with Crippen molar-refractivity contribution in [3.8, 4) is 0 Å². The molecule has 18 heteroatoms. The number of rotatable bonds is 70. The molecule has 0 aliphatic heterocycles. The molecule has 0 heterocycles. The number of aliphatic hydroxyl groups excluding tert-OH is 2. The molecule has 0 aliphatic rings. The first-order valence-electron chi connectivity index (χ1n) is 36.6. The molecule has 0 aliphatic carbocycles. The van der Waals surface area contributed by atoms with E-state index in [0.717, 1.165) is 103 Å². The topological polar surface area (TPSA) is 231 Å². The molecule has 532 valence electrons. The van der Waals surface area contributed by atoms with Crippen molar-refractivity contribution in [1.29, 1.82) is 0 Å².